The Hall–Kier alpha value is -2.70. The molecular formula is C40H58ClN5O5S. The number of sulfonamides is 1. The molecule has 4 heterocycles. The SMILES string of the molecule is CO[C@@]1(CN2CCN(C(C)C)[C@H](C)C2)/C=C/C[C@H](C)[C@@H](C)S(=O)(=O)NC(=O)c2ccc3c(n2)N(CCCCc2cc(Cl)ccc2CO3)C[C@@H]2CC[C@H]21. The van der Waals surface area contributed by atoms with Crippen LogP contribution < -0.4 is 14.4 Å². The van der Waals surface area contributed by atoms with Crippen LogP contribution in [-0.4, -0.2) is 98.4 Å². The molecule has 0 radical (unpaired) electrons. The smallest absolute Gasteiger partial charge is 0.283 e. The number of nitrogens with one attached hydrogen (secondary N) is 1. The van der Waals surface area contributed by atoms with Crippen molar-refractivity contribution < 1.29 is 22.7 Å². The summed E-state index contributed by atoms with van der Waals surface area (Å²) in [6.07, 6.45) is 9.74. The molecule has 6 rings (SSSR count). The van der Waals surface area contributed by atoms with E-state index in [0.29, 0.717) is 54.2 Å². The Morgan fingerprint density at radius 3 is 2.58 bits per heavy atom. The first kappa shape index (κ1) is 39.0. The van der Waals surface area contributed by atoms with Gasteiger partial charge in [-0.2, -0.15) is 0 Å². The number of fused-ring (bicyclic) bond motifs is 3. The number of carbonyl (C=O) groups excluding carboxylic acids is 1. The van der Waals surface area contributed by atoms with E-state index in [9.17, 15) is 13.2 Å². The van der Waals surface area contributed by atoms with E-state index in [4.69, 9.17) is 26.1 Å². The molecule has 6 atom stereocenters. The Morgan fingerprint density at radius 2 is 1.87 bits per heavy atom. The second-order valence-electron chi connectivity index (χ2n) is 15.9. The van der Waals surface area contributed by atoms with Gasteiger partial charge in [0.2, 0.25) is 10.0 Å². The predicted octanol–water partition coefficient (Wildman–Crippen LogP) is 6.33. The molecule has 1 aromatic heterocycles. The van der Waals surface area contributed by atoms with Crippen LogP contribution in [0.4, 0.5) is 5.82 Å². The number of benzene rings is 1. The first-order chi connectivity index (χ1) is 24.8. The summed E-state index contributed by atoms with van der Waals surface area (Å²) >= 11 is 6.40. The Balaban J connectivity index is 1.38. The molecule has 4 aliphatic rings. The van der Waals surface area contributed by atoms with Crippen LogP contribution in [0, 0.1) is 17.8 Å². The van der Waals surface area contributed by atoms with E-state index in [1.54, 1.807) is 19.1 Å². The number of rotatable bonds is 4. The molecule has 12 heteroatoms. The first-order valence-corrected chi connectivity index (χ1v) is 21.2. The third-order valence-corrected chi connectivity index (χ3v) is 14.4. The number of pyridine rings is 1. The highest BCUT2D eigenvalue weighted by molar-refractivity contribution is 7.90. The number of hydrogen-bond acceptors (Lipinski definition) is 9. The van der Waals surface area contributed by atoms with Crippen LogP contribution in [-0.2, 0) is 27.8 Å². The van der Waals surface area contributed by atoms with Crippen molar-refractivity contribution in [1.29, 1.82) is 0 Å². The van der Waals surface area contributed by atoms with Crippen LogP contribution in [0.5, 0.6) is 5.75 Å². The van der Waals surface area contributed by atoms with Crippen molar-refractivity contribution in [3.63, 3.8) is 0 Å². The number of amides is 1. The number of nitrogens with zero attached hydrogens (tertiary/aromatic N) is 4. The number of aromatic nitrogens is 1. The number of aryl methyl sites for hydroxylation is 1. The lowest BCUT2D eigenvalue weighted by molar-refractivity contribution is -0.0992. The van der Waals surface area contributed by atoms with Crippen LogP contribution in [0.25, 0.3) is 0 Å². The van der Waals surface area contributed by atoms with Crippen LogP contribution in [0.2, 0.25) is 5.02 Å². The Kier molecular flexibility index (Phi) is 12.3. The first-order valence-electron chi connectivity index (χ1n) is 19.2. The maximum atomic E-state index is 13.6. The highest BCUT2D eigenvalue weighted by Gasteiger charge is 2.49. The second-order valence-corrected chi connectivity index (χ2v) is 18.4. The highest BCUT2D eigenvalue weighted by atomic mass is 35.5. The zero-order valence-corrected chi connectivity index (χ0v) is 33.4. The number of methoxy groups -OCH3 is 1. The summed E-state index contributed by atoms with van der Waals surface area (Å²) in [6.45, 7) is 16.0. The molecule has 286 valence electrons. The van der Waals surface area contributed by atoms with Crippen molar-refractivity contribution in [3.8, 4) is 5.75 Å². The summed E-state index contributed by atoms with van der Waals surface area (Å²) in [5.74, 6) is 0.729. The molecule has 1 saturated carbocycles. The van der Waals surface area contributed by atoms with Crippen molar-refractivity contribution >= 4 is 33.3 Å². The van der Waals surface area contributed by atoms with E-state index in [2.05, 4.69) is 52.3 Å². The van der Waals surface area contributed by atoms with Crippen molar-refractivity contribution in [2.75, 3.05) is 51.3 Å². The fourth-order valence-corrected chi connectivity index (χ4v) is 10.2. The zero-order valence-electron chi connectivity index (χ0n) is 31.8. The van der Waals surface area contributed by atoms with E-state index in [0.717, 1.165) is 70.4 Å². The fourth-order valence-electron chi connectivity index (χ4n) is 8.78. The molecule has 1 aliphatic carbocycles. The summed E-state index contributed by atoms with van der Waals surface area (Å²) in [4.78, 5) is 25.8. The predicted molar refractivity (Wildman–Crippen MR) is 208 cm³/mol. The molecule has 10 nitrogen and oxygen atoms in total. The van der Waals surface area contributed by atoms with E-state index >= 15 is 0 Å². The molecule has 1 N–H and O–H groups in total. The van der Waals surface area contributed by atoms with Crippen molar-refractivity contribution in [2.45, 2.75) is 103 Å². The van der Waals surface area contributed by atoms with Crippen molar-refractivity contribution in [3.05, 3.63) is 64.3 Å². The molecule has 1 amide bonds. The summed E-state index contributed by atoms with van der Waals surface area (Å²) in [5.41, 5.74) is 1.74. The molecular weight excluding hydrogens is 698 g/mol. The molecule has 2 bridgehead atoms. The third kappa shape index (κ3) is 8.49. The number of anilines is 1. The number of allylic oxidation sites excluding steroid dienone is 1. The number of carbonyl (C=O) groups is 1. The Morgan fingerprint density at radius 1 is 1.06 bits per heavy atom. The van der Waals surface area contributed by atoms with Gasteiger partial charge in [0.1, 0.15) is 17.9 Å². The molecule has 2 fully saturated rings. The lowest BCUT2D eigenvalue weighted by Crippen LogP contribution is -2.61. The van der Waals surface area contributed by atoms with E-state index in [1.807, 2.05) is 32.2 Å². The molecule has 0 unspecified atom stereocenters. The molecule has 1 saturated heterocycles. The van der Waals surface area contributed by atoms with E-state index in [-0.39, 0.29) is 17.5 Å². The van der Waals surface area contributed by atoms with Gasteiger partial charge in [-0.05, 0) is 119 Å². The van der Waals surface area contributed by atoms with Gasteiger partial charge in [0.05, 0.1) is 5.25 Å². The minimum absolute atomic E-state index is 0.0517. The molecule has 52 heavy (non-hydrogen) atoms. The summed E-state index contributed by atoms with van der Waals surface area (Å²) in [7, 11) is -2.15. The van der Waals surface area contributed by atoms with Gasteiger partial charge in [0.25, 0.3) is 5.91 Å². The van der Waals surface area contributed by atoms with E-state index in [1.165, 1.54) is 5.56 Å². The largest absolute Gasteiger partial charge is 0.485 e. The second kappa shape index (κ2) is 16.3. The van der Waals surface area contributed by atoms with Gasteiger partial charge in [-0.25, -0.2) is 18.1 Å². The Labute approximate surface area is 316 Å². The quantitative estimate of drug-likeness (QED) is 0.359. The summed E-state index contributed by atoms with van der Waals surface area (Å²) in [6, 6.07) is 10.2. The standard InChI is InChI=1S/C40H58ClN5O5S/c1-27(2)46-21-20-44(23-29(46)4)26-40(50-6)18-9-10-28(3)30(5)52(48,49)43-39(47)36-16-17-37-38(42-36)45(24-32-13-15-35(32)40)19-8-7-11-31-22-34(41)14-12-33(31)25-51-37/h9,12,14,16-18,22,27-30,32,35H,7-8,10-11,13,15,19-21,23-26H2,1-6H3,(H,43,47)/b18-9+/t28-,29+,30+,32-,35+,40+/m0/s1. The van der Waals surface area contributed by atoms with Crippen LogP contribution in [0.3, 0.4) is 0 Å². The lowest BCUT2D eigenvalue weighted by Gasteiger charge is -2.52. The third-order valence-electron chi connectivity index (χ3n) is 12.3. The van der Waals surface area contributed by atoms with Gasteiger partial charge in [0, 0.05) is 63.5 Å². The maximum absolute atomic E-state index is 13.6. The molecule has 2 aromatic rings. The van der Waals surface area contributed by atoms with Gasteiger partial charge in [-0.1, -0.05) is 36.7 Å². The number of piperazine rings is 1. The topological polar surface area (TPSA) is 104 Å². The number of halogens is 1. The molecule has 1 aromatic carbocycles. The number of hydrogen-bond donors (Lipinski definition) is 1. The molecule has 0 spiro atoms. The maximum Gasteiger partial charge on any atom is 0.283 e. The van der Waals surface area contributed by atoms with Crippen LogP contribution in [0.15, 0.2) is 42.5 Å². The normalized spacial score (nSPS) is 31.3. The highest BCUT2D eigenvalue weighted by Crippen LogP contribution is 2.46. The monoisotopic (exact) mass is 755 g/mol. The van der Waals surface area contributed by atoms with E-state index < -0.39 is 26.8 Å². The Bertz CT molecular complexity index is 1720. The van der Waals surface area contributed by atoms with Crippen LogP contribution >= 0.6 is 11.6 Å². The minimum Gasteiger partial charge on any atom is -0.485 e. The van der Waals surface area contributed by atoms with Crippen molar-refractivity contribution in [1.82, 2.24) is 19.5 Å². The fraction of sp³-hybridized carbons (Fsp3) is 0.650. The average Bonchev–Trinajstić information content (AvgIpc) is 3.12. The van der Waals surface area contributed by atoms with Gasteiger partial charge in [-0.15, -0.1) is 0 Å². The van der Waals surface area contributed by atoms with Gasteiger partial charge >= 0.3 is 0 Å². The van der Waals surface area contributed by atoms with Gasteiger partial charge in [0.15, 0.2) is 11.6 Å². The zero-order chi connectivity index (χ0) is 37.2. The summed E-state index contributed by atoms with van der Waals surface area (Å²) in [5, 5.41) is -0.0975. The molecule has 3 aliphatic heterocycles. The summed E-state index contributed by atoms with van der Waals surface area (Å²) < 4.78 is 42.6. The average molecular weight is 756 g/mol. The number of ether oxygens (including phenoxy) is 2. The van der Waals surface area contributed by atoms with Crippen LogP contribution in [0.1, 0.15) is 88.3 Å². The minimum atomic E-state index is -3.99. The van der Waals surface area contributed by atoms with Gasteiger partial charge < -0.3 is 14.4 Å². The lowest BCUT2D eigenvalue weighted by atomic mass is 9.63. The van der Waals surface area contributed by atoms with Crippen molar-refractivity contribution in [2.24, 2.45) is 17.8 Å². The van der Waals surface area contributed by atoms with Gasteiger partial charge in [-0.3, -0.25) is 14.6 Å².